The molecule has 5 rings (SSSR count). The van der Waals surface area contributed by atoms with E-state index in [0.717, 1.165) is 40.6 Å². The van der Waals surface area contributed by atoms with Crippen molar-refractivity contribution in [3.8, 4) is 28.4 Å². The molecule has 0 saturated carbocycles. The van der Waals surface area contributed by atoms with E-state index in [1.807, 2.05) is 48.5 Å². The van der Waals surface area contributed by atoms with Crippen LogP contribution in [0.1, 0.15) is 12.8 Å². The van der Waals surface area contributed by atoms with Gasteiger partial charge in [0, 0.05) is 37.4 Å². The van der Waals surface area contributed by atoms with Crippen LogP contribution >= 0.6 is 0 Å². The first-order valence-corrected chi connectivity index (χ1v) is 12.5. The zero-order chi connectivity index (χ0) is 26.5. The molecular weight excluding hydrogens is 480 g/mol. The molecule has 1 fully saturated rings. The van der Waals surface area contributed by atoms with E-state index in [9.17, 15) is 4.79 Å². The number of aromatic nitrogens is 2. The monoisotopic (exact) mass is 510 g/mol. The van der Waals surface area contributed by atoms with Crippen LogP contribution in [0.25, 0.3) is 22.0 Å². The Morgan fingerprint density at radius 2 is 1.71 bits per heavy atom. The van der Waals surface area contributed by atoms with Crippen LogP contribution in [0.15, 0.2) is 79.6 Å². The number of likely N-dealkylation sites (tertiary alicyclic amines) is 1. The normalized spacial score (nSPS) is 13.7. The van der Waals surface area contributed by atoms with Crippen LogP contribution in [0.3, 0.4) is 0 Å². The molecule has 1 aromatic heterocycles. The van der Waals surface area contributed by atoms with Gasteiger partial charge in [-0.3, -0.25) is 4.79 Å². The topological polar surface area (TPSA) is 85.8 Å². The van der Waals surface area contributed by atoms with Gasteiger partial charge in [0.25, 0.3) is 0 Å². The Balaban J connectivity index is 1.45. The van der Waals surface area contributed by atoms with E-state index in [-0.39, 0.29) is 12.0 Å². The quantitative estimate of drug-likeness (QED) is 0.308. The maximum atomic E-state index is 11.9. The van der Waals surface area contributed by atoms with Gasteiger partial charge in [-0.2, -0.15) is 0 Å². The van der Waals surface area contributed by atoms with Gasteiger partial charge >= 0.3 is 0 Å². The van der Waals surface area contributed by atoms with E-state index < -0.39 is 0 Å². The Morgan fingerprint density at radius 1 is 0.947 bits per heavy atom. The summed E-state index contributed by atoms with van der Waals surface area (Å²) in [7, 11) is 3.26. The minimum Gasteiger partial charge on any atom is -0.495 e. The van der Waals surface area contributed by atoms with Crippen molar-refractivity contribution in [3.63, 3.8) is 0 Å². The molecular formula is C30H30N4O4. The third-order valence-electron chi connectivity index (χ3n) is 6.70. The predicted molar refractivity (Wildman–Crippen MR) is 148 cm³/mol. The van der Waals surface area contributed by atoms with Gasteiger partial charge in [0.15, 0.2) is 11.5 Å². The zero-order valence-corrected chi connectivity index (χ0v) is 21.5. The largest absolute Gasteiger partial charge is 0.495 e. The number of hydrogen-bond acceptors (Lipinski definition) is 7. The number of methoxy groups -OCH3 is 2. The molecule has 1 saturated heterocycles. The number of benzene rings is 3. The summed E-state index contributed by atoms with van der Waals surface area (Å²) < 4.78 is 17.6. The fraction of sp³-hybridized carbons (Fsp3) is 0.233. The molecule has 0 atom stereocenters. The summed E-state index contributed by atoms with van der Waals surface area (Å²) >= 11 is 0. The van der Waals surface area contributed by atoms with Gasteiger partial charge in [0.1, 0.15) is 24.0 Å². The van der Waals surface area contributed by atoms with Crippen molar-refractivity contribution >= 4 is 28.3 Å². The third-order valence-corrected chi connectivity index (χ3v) is 6.70. The van der Waals surface area contributed by atoms with Gasteiger partial charge in [-0.15, -0.1) is 0 Å². The first kappa shape index (κ1) is 25.1. The Hall–Kier alpha value is -4.59. The molecule has 3 aromatic carbocycles. The lowest BCUT2D eigenvalue weighted by molar-refractivity contribution is -0.127. The second-order valence-electron chi connectivity index (χ2n) is 9.00. The summed E-state index contributed by atoms with van der Waals surface area (Å²) in [4.78, 5) is 22.7. The number of carbonyl (C=O) groups excluding carboxylic acids is 1. The highest BCUT2D eigenvalue weighted by atomic mass is 16.5. The number of nitrogens with zero attached hydrogens (tertiary/aromatic N) is 3. The molecule has 8 nitrogen and oxygen atoms in total. The van der Waals surface area contributed by atoms with Gasteiger partial charge in [0.05, 0.1) is 25.4 Å². The molecule has 1 N–H and O–H groups in total. The molecule has 1 aliphatic heterocycles. The fourth-order valence-electron chi connectivity index (χ4n) is 4.66. The van der Waals surface area contributed by atoms with Gasteiger partial charge in [-0.1, -0.05) is 43.0 Å². The fourth-order valence-corrected chi connectivity index (χ4v) is 4.66. The lowest BCUT2D eigenvalue weighted by Crippen LogP contribution is -2.41. The van der Waals surface area contributed by atoms with E-state index in [1.165, 1.54) is 12.4 Å². The molecule has 0 spiro atoms. The lowest BCUT2D eigenvalue weighted by Gasteiger charge is -2.31. The summed E-state index contributed by atoms with van der Waals surface area (Å²) in [5, 5.41) is 4.23. The minimum absolute atomic E-state index is 0.0427. The van der Waals surface area contributed by atoms with Crippen molar-refractivity contribution in [1.29, 1.82) is 0 Å². The summed E-state index contributed by atoms with van der Waals surface area (Å²) in [6.45, 7) is 4.83. The maximum Gasteiger partial charge on any atom is 0.245 e. The van der Waals surface area contributed by atoms with Crippen LogP contribution in [-0.4, -0.2) is 54.2 Å². The third kappa shape index (κ3) is 5.25. The standard InChI is InChI=1S/C30H30N4O4/c1-4-29(35)34-14-12-22(13-15-34)38-28-17-23-24(18-27(28)37-3)31-19-32-30(23)33-25-16-21(10-11-26(25)36-2)20-8-6-5-7-9-20/h4-11,16-19,22H,1,12-15H2,2-3H3,(H,31,32,33). The van der Waals surface area contributed by atoms with Crippen LogP contribution in [0.2, 0.25) is 0 Å². The Labute approximate surface area is 221 Å². The van der Waals surface area contributed by atoms with Gasteiger partial charge < -0.3 is 24.4 Å². The highest BCUT2D eigenvalue weighted by Gasteiger charge is 2.24. The Bertz CT molecular complexity index is 1450. The molecule has 1 amide bonds. The van der Waals surface area contributed by atoms with E-state index >= 15 is 0 Å². The van der Waals surface area contributed by atoms with Crippen molar-refractivity contribution in [2.75, 3.05) is 32.6 Å². The molecule has 8 heteroatoms. The van der Waals surface area contributed by atoms with E-state index in [4.69, 9.17) is 14.2 Å². The number of carbonyl (C=O) groups is 1. The molecule has 2 heterocycles. The molecule has 0 bridgehead atoms. The number of amides is 1. The van der Waals surface area contributed by atoms with Crippen molar-refractivity contribution in [2.24, 2.45) is 0 Å². The first-order valence-electron chi connectivity index (χ1n) is 12.5. The molecule has 0 aliphatic carbocycles. The second-order valence-corrected chi connectivity index (χ2v) is 9.00. The Morgan fingerprint density at radius 3 is 2.42 bits per heavy atom. The summed E-state index contributed by atoms with van der Waals surface area (Å²) in [6.07, 6.45) is 4.28. The molecule has 0 radical (unpaired) electrons. The van der Waals surface area contributed by atoms with E-state index in [1.54, 1.807) is 19.1 Å². The molecule has 38 heavy (non-hydrogen) atoms. The predicted octanol–water partition coefficient (Wildman–Crippen LogP) is 5.61. The summed E-state index contributed by atoms with van der Waals surface area (Å²) in [6, 6.07) is 19.9. The SMILES string of the molecule is C=CC(=O)N1CCC(Oc2cc3c(Nc4cc(-c5ccccc5)ccc4OC)ncnc3cc2OC)CC1. The highest BCUT2D eigenvalue weighted by Crippen LogP contribution is 2.38. The zero-order valence-electron chi connectivity index (χ0n) is 21.5. The summed E-state index contributed by atoms with van der Waals surface area (Å²) in [5.74, 6) is 2.47. The number of rotatable bonds is 8. The Kier molecular flexibility index (Phi) is 7.40. The van der Waals surface area contributed by atoms with Crippen LogP contribution < -0.4 is 19.5 Å². The van der Waals surface area contributed by atoms with Crippen LogP contribution in [-0.2, 0) is 4.79 Å². The van der Waals surface area contributed by atoms with E-state index in [2.05, 4.69) is 34.0 Å². The van der Waals surface area contributed by atoms with Crippen molar-refractivity contribution < 1.29 is 19.0 Å². The average Bonchev–Trinajstić information content (AvgIpc) is 2.97. The molecule has 194 valence electrons. The molecule has 0 unspecified atom stereocenters. The number of fused-ring (bicyclic) bond motifs is 1. The maximum absolute atomic E-state index is 11.9. The van der Waals surface area contributed by atoms with Gasteiger partial charge in [-0.25, -0.2) is 9.97 Å². The second kappa shape index (κ2) is 11.2. The number of hydrogen-bond donors (Lipinski definition) is 1. The number of ether oxygens (including phenoxy) is 3. The van der Waals surface area contributed by atoms with E-state index in [0.29, 0.717) is 36.2 Å². The lowest BCUT2D eigenvalue weighted by atomic mass is 10.0. The number of anilines is 2. The van der Waals surface area contributed by atoms with Crippen molar-refractivity contribution in [2.45, 2.75) is 18.9 Å². The van der Waals surface area contributed by atoms with Crippen molar-refractivity contribution in [3.05, 3.63) is 79.6 Å². The van der Waals surface area contributed by atoms with Crippen molar-refractivity contribution in [1.82, 2.24) is 14.9 Å². The number of nitrogens with one attached hydrogen (secondary N) is 1. The van der Waals surface area contributed by atoms with Crippen LogP contribution in [0, 0.1) is 0 Å². The van der Waals surface area contributed by atoms with Crippen LogP contribution in [0.4, 0.5) is 11.5 Å². The number of piperidine rings is 1. The molecule has 1 aliphatic rings. The minimum atomic E-state index is -0.0497. The van der Waals surface area contributed by atoms with Gasteiger partial charge in [-0.05, 0) is 35.4 Å². The first-order chi connectivity index (χ1) is 18.6. The summed E-state index contributed by atoms with van der Waals surface area (Å²) in [5.41, 5.74) is 3.66. The average molecular weight is 511 g/mol. The van der Waals surface area contributed by atoms with Crippen LogP contribution in [0.5, 0.6) is 17.2 Å². The smallest absolute Gasteiger partial charge is 0.245 e. The molecule has 4 aromatic rings. The highest BCUT2D eigenvalue weighted by molar-refractivity contribution is 5.94. The van der Waals surface area contributed by atoms with Gasteiger partial charge in [0.2, 0.25) is 5.91 Å².